The van der Waals surface area contributed by atoms with Gasteiger partial charge in [-0.2, -0.15) is 13.2 Å². The first-order chi connectivity index (χ1) is 16.2. The first-order valence-electron chi connectivity index (χ1n) is 12.1. The Morgan fingerprint density at radius 1 is 1.23 bits per heavy atom. The monoisotopic (exact) mass is 497 g/mol. The molecule has 35 heavy (non-hydrogen) atoms. The van der Waals surface area contributed by atoms with Crippen LogP contribution in [0.2, 0.25) is 0 Å². The van der Waals surface area contributed by atoms with E-state index in [2.05, 4.69) is 5.32 Å². The second-order valence-electron chi connectivity index (χ2n) is 10.8. The standard InChI is InChI=1S/C25H34F3N3O4/c1-12(2)19(30-22(32)13(3)29)23(33)31-10-9-18-17(31)11-16-20(34-18)14-7-6-8-15(25(26,27)28)21(14)35-24(16,4)5/h6-8,12-13,16-20H,9-11,29H2,1-5H3,(H,30,32)/t13-,16-,17-,18-,19+,20+/m1/s1. The van der Waals surface area contributed by atoms with Gasteiger partial charge in [-0.05, 0) is 45.6 Å². The zero-order chi connectivity index (χ0) is 25.9. The lowest BCUT2D eigenvalue weighted by atomic mass is 9.73. The molecule has 3 N–H and O–H groups in total. The molecular formula is C25H34F3N3O4. The Kier molecular flexibility index (Phi) is 6.59. The summed E-state index contributed by atoms with van der Waals surface area (Å²) in [6, 6.07) is 2.32. The van der Waals surface area contributed by atoms with Gasteiger partial charge in [0.1, 0.15) is 17.4 Å². The molecule has 0 aliphatic carbocycles. The van der Waals surface area contributed by atoms with Crippen molar-refractivity contribution in [2.45, 2.75) is 89.6 Å². The molecule has 6 atom stereocenters. The lowest BCUT2D eigenvalue weighted by molar-refractivity contribution is -0.173. The average molecular weight is 498 g/mol. The Morgan fingerprint density at radius 2 is 1.91 bits per heavy atom. The molecule has 2 fully saturated rings. The van der Waals surface area contributed by atoms with Crippen molar-refractivity contribution in [3.05, 3.63) is 29.3 Å². The van der Waals surface area contributed by atoms with Crippen molar-refractivity contribution in [3.8, 4) is 5.75 Å². The van der Waals surface area contributed by atoms with Crippen LogP contribution < -0.4 is 15.8 Å². The van der Waals surface area contributed by atoms with Crippen molar-refractivity contribution in [2.24, 2.45) is 17.6 Å². The maximum atomic E-state index is 13.7. The SMILES string of the molecule is CC(C)[C@H](NC(=O)[C@@H](C)N)C(=O)N1CC[C@H]2O[C@H]3c4cccc(C(F)(F)F)c4OC(C)(C)[C@@H]3C[C@H]21. The van der Waals surface area contributed by atoms with Crippen LogP contribution in [0.3, 0.4) is 0 Å². The fourth-order valence-corrected chi connectivity index (χ4v) is 5.57. The fourth-order valence-electron chi connectivity index (χ4n) is 5.57. The summed E-state index contributed by atoms with van der Waals surface area (Å²) in [6.45, 7) is 9.26. The minimum atomic E-state index is -4.54. The summed E-state index contributed by atoms with van der Waals surface area (Å²) >= 11 is 0. The molecule has 2 amide bonds. The molecule has 4 rings (SSSR count). The van der Waals surface area contributed by atoms with Crippen LogP contribution in [0.4, 0.5) is 13.2 Å². The molecule has 1 aromatic rings. The number of para-hydroxylation sites is 1. The van der Waals surface area contributed by atoms with E-state index in [1.165, 1.54) is 6.07 Å². The third-order valence-electron chi connectivity index (χ3n) is 7.51. The predicted octanol–water partition coefficient (Wildman–Crippen LogP) is 3.41. The molecule has 1 aromatic carbocycles. The molecule has 0 spiro atoms. The number of ether oxygens (including phenoxy) is 2. The van der Waals surface area contributed by atoms with Crippen LogP contribution in [0.25, 0.3) is 0 Å². The zero-order valence-electron chi connectivity index (χ0n) is 20.7. The van der Waals surface area contributed by atoms with Gasteiger partial charge < -0.3 is 25.4 Å². The van der Waals surface area contributed by atoms with Gasteiger partial charge >= 0.3 is 6.18 Å². The number of nitrogens with zero attached hydrogens (tertiary/aromatic N) is 1. The predicted molar refractivity (Wildman–Crippen MR) is 122 cm³/mol. The number of nitrogens with two attached hydrogens (primary N) is 1. The number of halogens is 3. The minimum Gasteiger partial charge on any atom is -0.486 e. The summed E-state index contributed by atoms with van der Waals surface area (Å²) in [7, 11) is 0. The maximum absolute atomic E-state index is 13.7. The first kappa shape index (κ1) is 25.8. The zero-order valence-corrected chi connectivity index (χ0v) is 20.7. The highest BCUT2D eigenvalue weighted by atomic mass is 19.4. The lowest BCUT2D eigenvalue weighted by Gasteiger charge is -2.51. The number of hydrogen-bond acceptors (Lipinski definition) is 5. The van der Waals surface area contributed by atoms with Crippen LogP contribution in [0.5, 0.6) is 5.75 Å². The summed E-state index contributed by atoms with van der Waals surface area (Å²) in [5.74, 6) is -1.17. The summed E-state index contributed by atoms with van der Waals surface area (Å²) < 4.78 is 53.5. The van der Waals surface area contributed by atoms with Crippen molar-refractivity contribution in [2.75, 3.05) is 6.54 Å². The number of fused-ring (bicyclic) bond motifs is 4. The highest BCUT2D eigenvalue weighted by molar-refractivity contribution is 5.90. The van der Waals surface area contributed by atoms with Gasteiger partial charge in [-0.15, -0.1) is 0 Å². The topological polar surface area (TPSA) is 93.9 Å². The number of nitrogens with one attached hydrogen (secondary N) is 1. The summed E-state index contributed by atoms with van der Waals surface area (Å²) in [5.41, 5.74) is 4.33. The minimum absolute atomic E-state index is 0.149. The van der Waals surface area contributed by atoms with Crippen LogP contribution in [-0.4, -0.2) is 53.1 Å². The molecule has 0 bridgehead atoms. The first-order valence-corrected chi connectivity index (χ1v) is 12.1. The number of amides is 2. The van der Waals surface area contributed by atoms with E-state index in [9.17, 15) is 22.8 Å². The largest absolute Gasteiger partial charge is 0.486 e. The normalized spacial score (nSPS) is 28.9. The van der Waals surface area contributed by atoms with Crippen LogP contribution >= 0.6 is 0 Å². The molecular weight excluding hydrogens is 463 g/mol. The van der Waals surface area contributed by atoms with Crippen molar-refractivity contribution in [1.82, 2.24) is 10.2 Å². The Labute approximate surface area is 203 Å². The number of carbonyl (C=O) groups excluding carboxylic acids is 2. The molecule has 10 heteroatoms. The van der Waals surface area contributed by atoms with Gasteiger partial charge in [-0.3, -0.25) is 9.59 Å². The molecule has 2 saturated heterocycles. The van der Waals surface area contributed by atoms with Gasteiger partial charge in [0.15, 0.2) is 0 Å². The maximum Gasteiger partial charge on any atom is 0.419 e. The molecule has 0 radical (unpaired) electrons. The molecule has 194 valence electrons. The summed E-state index contributed by atoms with van der Waals surface area (Å²) in [6.07, 6.45) is -4.32. The van der Waals surface area contributed by atoms with Crippen molar-refractivity contribution in [3.63, 3.8) is 0 Å². The van der Waals surface area contributed by atoms with Crippen LogP contribution in [0.15, 0.2) is 18.2 Å². The number of likely N-dealkylation sites (tertiary alicyclic amines) is 1. The average Bonchev–Trinajstić information content (AvgIpc) is 3.17. The molecule has 0 aromatic heterocycles. The van der Waals surface area contributed by atoms with Crippen LogP contribution in [0, 0.1) is 11.8 Å². The van der Waals surface area contributed by atoms with E-state index in [0.717, 1.165) is 6.07 Å². The molecule has 3 aliphatic heterocycles. The van der Waals surface area contributed by atoms with E-state index in [4.69, 9.17) is 15.2 Å². The summed E-state index contributed by atoms with van der Waals surface area (Å²) in [4.78, 5) is 27.5. The third kappa shape index (κ3) is 4.62. The van der Waals surface area contributed by atoms with E-state index in [-0.39, 0.29) is 35.6 Å². The Bertz CT molecular complexity index is 995. The summed E-state index contributed by atoms with van der Waals surface area (Å²) in [5, 5.41) is 2.77. The Balaban J connectivity index is 1.61. The van der Waals surface area contributed by atoms with E-state index in [0.29, 0.717) is 24.9 Å². The highest BCUT2D eigenvalue weighted by Gasteiger charge is 2.55. The molecule has 7 nitrogen and oxygen atoms in total. The smallest absolute Gasteiger partial charge is 0.419 e. The van der Waals surface area contributed by atoms with Gasteiger partial charge in [0, 0.05) is 18.0 Å². The quantitative estimate of drug-likeness (QED) is 0.665. The number of hydrogen-bond donors (Lipinski definition) is 2. The third-order valence-corrected chi connectivity index (χ3v) is 7.51. The number of alkyl halides is 3. The van der Waals surface area contributed by atoms with Crippen LogP contribution in [-0.2, 0) is 20.5 Å². The highest BCUT2D eigenvalue weighted by Crippen LogP contribution is 2.55. The van der Waals surface area contributed by atoms with Gasteiger partial charge in [0.25, 0.3) is 0 Å². The second-order valence-corrected chi connectivity index (χ2v) is 10.8. The van der Waals surface area contributed by atoms with Crippen molar-refractivity contribution >= 4 is 11.8 Å². The fraction of sp³-hybridized carbons (Fsp3) is 0.680. The Hall–Kier alpha value is -2.33. The van der Waals surface area contributed by atoms with Crippen LogP contribution in [0.1, 0.15) is 64.7 Å². The van der Waals surface area contributed by atoms with Gasteiger partial charge in [-0.1, -0.05) is 26.0 Å². The Morgan fingerprint density at radius 3 is 2.51 bits per heavy atom. The van der Waals surface area contributed by atoms with Gasteiger partial charge in [0.05, 0.1) is 29.9 Å². The van der Waals surface area contributed by atoms with Gasteiger partial charge in [0.2, 0.25) is 11.8 Å². The molecule has 0 unspecified atom stereocenters. The van der Waals surface area contributed by atoms with E-state index < -0.39 is 41.4 Å². The number of carbonyl (C=O) groups is 2. The van der Waals surface area contributed by atoms with Gasteiger partial charge in [-0.25, -0.2) is 0 Å². The lowest BCUT2D eigenvalue weighted by Crippen LogP contribution is -2.58. The molecule has 0 saturated carbocycles. The second kappa shape index (κ2) is 8.96. The molecule has 3 heterocycles. The van der Waals surface area contributed by atoms with Crippen molar-refractivity contribution in [1.29, 1.82) is 0 Å². The van der Waals surface area contributed by atoms with E-state index >= 15 is 0 Å². The molecule has 3 aliphatic rings. The van der Waals surface area contributed by atoms with Crippen molar-refractivity contribution < 1.29 is 32.2 Å². The van der Waals surface area contributed by atoms with E-state index in [1.807, 2.05) is 13.8 Å². The van der Waals surface area contributed by atoms with E-state index in [1.54, 1.807) is 31.7 Å². The number of rotatable bonds is 4. The number of benzene rings is 1.